The zero-order valence-corrected chi connectivity index (χ0v) is 16.5. The number of carboxylic acids is 1. The monoisotopic (exact) mass is 403 g/mol. The number of hydrogen-bond donors (Lipinski definition) is 2. The van der Waals surface area contributed by atoms with Crippen LogP contribution in [0.15, 0.2) is 51.8 Å². The number of aryl methyl sites for hydroxylation is 1. The van der Waals surface area contributed by atoms with Gasteiger partial charge >= 0.3 is 5.97 Å². The molecule has 0 amide bonds. The molecule has 0 bridgehead atoms. The van der Waals surface area contributed by atoms with Gasteiger partial charge in [0.2, 0.25) is 15.8 Å². The summed E-state index contributed by atoms with van der Waals surface area (Å²) < 4.78 is 39.1. The fourth-order valence-corrected chi connectivity index (χ4v) is 4.24. The van der Waals surface area contributed by atoms with E-state index >= 15 is 0 Å². The van der Waals surface area contributed by atoms with Gasteiger partial charge < -0.3 is 14.3 Å². The minimum atomic E-state index is -3.83. The van der Waals surface area contributed by atoms with Crippen molar-refractivity contribution >= 4 is 27.0 Å². The molecule has 0 aliphatic rings. The maximum absolute atomic E-state index is 12.8. The average Bonchev–Trinajstić information content (AvgIpc) is 2.98. The summed E-state index contributed by atoms with van der Waals surface area (Å²) in [6.07, 6.45) is 0. The van der Waals surface area contributed by atoms with E-state index < -0.39 is 22.0 Å². The van der Waals surface area contributed by atoms with Gasteiger partial charge in [-0.3, -0.25) is 0 Å². The van der Waals surface area contributed by atoms with Gasteiger partial charge in [-0.05, 0) is 56.7 Å². The number of hydrogen-bond acceptors (Lipinski definition) is 5. The minimum Gasteiger partial charge on any atom is -0.494 e. The van der Waals surface area contributed by atoms with E-state index in [0.29, 0.717) is 28.9 Å². The summed E-state index contributed by atoms with van der Waals surface area (Å²) in [5.41, 5.74) is 1.48. The Kier molecular flexibility index (Phi) is 5.44. The molecule has 8 heteroatoms. The third-order valence-electron chi connectivity index (χ3n) is 4.41. The van der Waals surface area contributed by atoms with Gasteiger partial charge in [-0.2, -0.15) is 0 Å². The lowest BCUT2D eigenvalue weighted by atomic mass is 10.1. The van der Waals surface area contributed by atoms with Crippen LogP contribution in [-0.2, 0) is 10.0 Å². The summed E-state index contributed by atoms with van der Waals surface area (Å²) in [7, 11) is -3.83. The van der Waals surface area contributed by atoms with E-state index in [1.165, 1.54) is 18.2 Å². The molecule has 1 atom stereocenters. The number of fused-ring (bicyclic) bond motifs is 1. The second-order valence-corrected chi connectivity index (χ2v) is 8.08. The first kappa shape index (κ1) is 19.9. The van der Waals surface area contributed by atoms with E-state index in [1.807, 2.05) is 19.1 Å². The van der Waals surface area contributed by atoms with Gasteiger partial charge in [0.25, 0.3) is 0 Å². The van der Waals surface area contributed by atoms with Crippen molar-refractivity contribution in [3.8, 4) is 5.75 Å². The van der Waals surface area contributed by atoms with Crippen molar-refractivity contribution in [3.63, 3.8) is 0 Å². The van der Waals surface area contributed by atoms with Crippen LogP contribution in [0.2, 0.25) is 0 Å². The molecule has 0 radical (unpaired) electrons. The van der Waals surface area contributed by atoms with Crippen molar-refractivity contribution in [2.45, 2.75) is 31.7 Å². The molecule has 2 N–H and O–H groups in total. The average molecular weight is 403 g/mol. The minimum absolute atomic E-state index is 0.0358. The van der Waals surface area contributed by atoms with Crippen molar-refractivity contribution in [3.05, 3.63) is 59.4 Å². The highest BCUT2D eigenvalue weighted by atomic mass is 32.2. The van der Waals surface area contributed by atoms with E-state index in [-0.39, 0.29) is 10.7 Å². The predicted octanol–water partition coefficient (Wildman–Crippen LogP) is 3.88. The van der Waals surface area contributed by atoms with Crippen molar-refractivity contribution in [1.29, 1.82) is 0 Å². The van der Waals surface area contributed by atoms with Crippen LogP contribution >= 0.6 is 0 Å². The maximum atomic E-state index is 12.8. The van der Waals surface area contributed by atoms with Crippen LogP contribution in [0.4, 0.5) is 0 Å². The molecule has 3 rings (SSSR count). The van der Waals surface area contributed by atoms with Crippen LogP contribution in [0.1, 0.15) is 41.6 Å². The van der Waals surface area contributed by atoms with E-state index in [1.54, 1.807) is 26.0 Å². The second kappa shape index (κ2) is 7.65. The molecule has 28 heavy (non-hydrogen) atoms. The normalized spacial score (nSPS) is 12.8. The molecule has 0 fully saturated rings. The van der Waals surface area contributed by atoms with Crippen LogP contribution in [0.3, 0.4) is 0 Å². The number of nitrogens with one attached hydrogen (secondary N) is 1. The van der Waals surface area contributed by atoms with Crippen LogP contribution < -0.4 is 9.46 Å². The van der Waals surface area contributed by atoms with E-state index in [9.17, 15) is 13.2 Å². The molecule has 1 heterocycles. The molecule has 1 aromatic heterocycles. The summed E-state index contributed by atoms with van der Waals surface area (Å²) in [5.74, 6) is -0.722. The maximum Gasteiger partial charge on any atom is 0.372 e. The van der Waals surface area contributed by atoms with Crippen molar-refractivity contribution in [1.82, 2.24) is 4.72 Å². The number of aromatic carboxylic acids is 1. The molecule has 2 aromatic carbocycles. The van der Waals surface area contributed by atoms with Crippen molar-refractivity contribution in [2.75, 3.05) is 6.61 Å². The number of rotatable bonds is 7. The third-order valence-corrected chi connectivity index (χ3v) is 5.95. The highest BCUT2D eigenvalue weighted by molar-refractivity contribution is 7.89. The van der Waals surface area contributed by atoms with Gasteiger partial charge in [0, 0.05) is 17.0 Å². The number of furan rings is 1. The van der Waals surface area contributed by atoms with Crippen LogP contribution in [0.5, 0.6) is 5.75 Å². The Balaban J connectivity index is 1.91. The van der Waals surface area contributed by atoms with Gasteiger partial charge in [0.05, 0.1) is 11.5 Å². The lowest BCUT2D eigenvalue weighted by Crippen LogP contribution is -2.26. The first-order valence-corrected chi connectivity index (χ1v) is 10.2. The SMILES string of the molecule is CCOc1cccc(C(C)NS(=O)(=O)c2ccc3oc(C(=O)O)c(C)c3c2)c1. The molecule has 0 saturated carbocycles. The van der Waals surface area contributed by atoms with Gasteiger partial charge in [0.15, 0.2) is 0 Å². The molecular formula is C20H21NO6S. The Labute approximate surface area is 163 Å². The summed E-state index contributed by atoms with van der Waals surface area (Å²) in [5, 5.41) is 9.62. The number of ether oxygens (including phenoxy) is 1. The Morgan fingerprint density at radius 1 is 1.25 bits per heavy atom. The van der Waals surface area contributed by atoms with E-state index in [0.717, 1.165) is 5.56 Å². The highest BCUT2D eigenvalue weighted by Crippen LogP contribution is 2.28. The summed E-state index contributed by atoms with van der Waals surface area (Å²) in [4.78, 5) is 11.3. The number of benzene rings is 2. The second-order valence-electron chi connectivity index (χ2n) is 6.37. The topological polar surface area (TPSA) is 106 Å². The number of carboxylic acid groups (broad SMARTS) is 1. The fraction of sp³-hybridized carbons (Fsp3) is 0.250. The zero-order chi connectivity index (χ0) is 20.5. The smallest absolute Gasteiger partial charge is 0.372 e. The quantitative estimate of drug-likeness (QED) is 0.620. The summed E-state index contributed by atoms with van der Waals surface area (Å²) >= 11 is 0. The van der Waals surface area contributed by atoms with Gasteiger partial charge in [-0.1, -0.05) is 12.1 Å². The Bertz CT molecular complexity index is 1130. The molecule has 7 nitrogen and oxygen atoms in total. The van der Waals surface area contributed by atoms with Crippen molar-refractivity contribution in [2.24, 2.45) is 0 Å². The van der Waals surface area contributed by atoms with E-state index in [4.69, 9.17) is 14.3 Å². The Morgan fingerprint density at radius 3 is 2.68 bits per heavy atom. The number of carbonyl (C=O) groups is 1. The van der Waals surface area contributed by atoms with Gasteiger partial charge in [-0.15, -0.1) is 0 Å². The lowest BCUT2D eigenvalue weighted by Gasteiger charge is -2.16. The van der Waals surface area contributed by atoms with Gasteiger partial charge in [-0.25, -0.2) is 17.9 Å². The molecule has 0 aliphatic carbocycles. The molecule has 1 unspecified atom stereocenters. The predicted molar refractivity (Wildman–Crippen MR) is 104 cm³/mol. The molecule has 0 saturated heterocycles. The summed E-state index contributed by atoms with van der Waals surface area (Å²) in [6.45, 7) is 5.72. The molecule has 0 spiro atoms. The Morgan fingerprint density at radius 2 is 2.00 bits per heavy atom. The fourth-order valence-electron chi connectivity index (χ4n) is 2.98. The highest BCUT2D eigenvalue weighted by Gasteiger charge is 2.22. The molecule has 3 aromatic rings. The summed E-state index contributed by atoms with van der Waals surface area (Å²) in [6, 6.07) is 11.0. The van der Waals surface area contributed by atoms with Crippen molar-refractivity contribution < 1.29 is 27.5 Å². The number of sulfonamides is 1. The van der Waals surface area contributed by atoms with Crippen LogP contribution in [0.25, 0.3) is 11.0 Å². The molecule has 148 valence electrons. The zero-order valence-electron chi connectivity index (χ0n) is 15.7. The van der Waals surface area contributed by atoms with E-state index in [2.05, 4.69) is 4.72 Å². The first-order valence-electron chi connectivity index (χ1n) is 8.74. The third kappa shape index (κ3) is 3.88. The largest absolute Gasteiger partial charge is 0.494 e. The van der Waals surface area contributed by atoms with Crippen LogP contribution in [0, 0.1) is 6.92 Å². The Hall–Kier alpha value is -2.84. The lowest BCUT2D eigenvalue weighted by molar-refractivity contribution is 0.0664. The molecule has 0 aliphatic heterocycles. The standard InChI is InChI=1S/C20H21NO6S/c1-4-26-15-7-5-6-14(10-15)13(3)21-28(24,25)16-8-9-18-17(11-16)12(2)19(27-18)20(22)23/h5-11,13,21H,4H2,1-3H3,(H,22,23). The first-order chi connectivity index (χ1) is 13.2. The molecular weight excluding hydrogens is 382 g/mol. The van der Waals surface area contributed by atoms with Gasteiger partial charge in [0.1, 0.15) is 11.3 Å². The van der Waals surface area contributed by atoms with Crippen LogP contribution in [-0.4, -0.2) is 26.1 Å².